The van der Waals surface area contributed by atoms with Crippen molar-refractivity contribution in [1.82, 2.24) is 14.7 Å². The molecule has 0 radical (unpaired) electrons. The van der Waals surface area contributed by atoms with E-state index in [1.165, 1.54) is 25.3 Å². The Morgan fingerprint density at radius 1 is 1.35 bits per heavy atom. The van der Waals surface area contributed by atoms with E-state index in [0.29, 0.717) is 43.6 Å². The summed E-state index contributed by atoms with van der Waals surface area (Å²) in [5, 5.41) is 17.2. The third-order valence-electron chi connectivity index (χ3n) is 5.79. The lowest BCUT2D eigenvalue weighted by atomic mass is 9.84. The van der Waals surface area contributed by atoms with Gasteiger partial charge in [-0.05, 0) is 32.6 Å². The molecule has 8 heteroatoms. The van der Waals surface area contributed by atoms with Crippen LogP contribution in [0.15, 0.2) is 24.1 Å². The van der Waals surface area contributed by atoms with Crippen LogP contribution in [0.4, 0.5) is 5.82 Å². The second kappa shape index (κ2) is 10.3. The standard InChI is InChI=1S/C23H36N4O4/c1-4-12-31-18-14-21(28)27(15-18)19(13-17-8-6-5-7-9-17)22(29)24-20-10-11-26(25-20)16-23(2,3)30/h10-11,14,17,19,30H,4-9,12-13,15-16H2,1-3H3,(H,24,25,29). The second-order valence-corrected chi connectivity index (χ2v) is 9.38. The van der Waals surface area contributed by atoms with Crippen molar-refractivity contribution in [3.8, 4) is 0 Å². The molecule has 8 nitrogen and oxygen atoms in total. The van der Waals surface area contributed by atoms with E-state index < -0.39 is 11.6 Å². The minimum absolute atomic E-state index is 0.172. The monoisotopic (exact) mass is 432 g/mol. The topological polar surface area (TPSA) is 96.7 Å². The molecule has 1 aliphatic heterocycles. The molecule has 0 saturated heterocycles. The predicted octanol–water partition coefficient (Wildman–Crippen LogP) is 3.08. The van der Waals surface area contributed by atoms with Crippen LogP contribution in [0.1, 0.15) is 65.7 Å². The van der Waals surface area contributed by atoms with Crippen molar-refractivity contribution >= 4 is 17.6 Å². The first kappa shape index (κ1) is 23.3. The summed E-state index contributed by atoms with van der Waals surface area (Å²) in [5.74, 6) is 1.09. The molecule has 1 aromatic rings. The molecule has 0 bridgehead atoms. The summed E-state index contributed by atoms with van der Waals surface area (Å²) in [7, 11) is 0. The summed E-state index contributed by atoms with van der Waals surface area (Å²) >= 11 is 0. The number of anilines is 1. The summed E-state index contributed by atoms with van der Waals surface area (Å²) in [6.45, 7) is 6.64. The lowest BCUT2D eigenvalue weighted by Crippen LogP contribution is -2.46. The number of rotatable bonds is 10. The first-order chi connectivity index (χ1) is 14.7. The van der Waals surface area contributed by atoms with Crippen LogP contribution in [-0.2, 0) is 20.9 Å². The lowest BCUT2D eigenvalue weighted by Gasteiger charge is -2.31. The Morgan fingerprint density at radius 3 is 2.77 bits per heavy atom. The van der Waals surface area contributed by atoms with Gasteiger partial charge in [0, 0.05) is 18.3 Å². The van der Waals surface area contributed by atoms with E-state index in [9.17, 15) is 14.7 Å². The van der Waals surface area contributed by atoms with Crippen LogP contribution < -0.4 is 5.32 Å². The smallest absolute Gasteiger partial charge is 0.251 e. The van der Waals surface area contributed by atoms with Gasteiger partial charge < -0.3 is 20.1 Å². The number of ether oxygens (including phenoxy) is 1. The van der Waals surface area contributed by atoms with E-state index in [4.69, 9.17) is 4.74 Å². The summed E-state index contributed by atoms with van der Waals surface area (Å²) in [5.41, 5.74) is -0.903. The van der Waals surface area contributed by atoms with Gasteiger partial charge in [-0.15, -0.1) is 0 Å². The molecule has 1 unspecified atom stereocenters. The molecule has 1 atom stereocenters. The number of carbonyl (C=O) groups excluding carboxylic acids is 2. The molecule has 2 aliphatic rings. The fraction of sp³-hybridized carbons (Fsp3) is 0.696. The Morgan fingerprint density at radius 2 is 2.10 bits per heavy atom. The van der Waals surface area contributed by atoms with E-state index in [-0.39, 0.29) is 11.8 Å². The molecule has 1 fully saturated rings. The van der Waals surface area contributed by atoms with Gasteiger partial charge in [-0.3, -0.25) is 14.3 Å². The third kappa shape index (κ3) is 6.82. The number of nitrogens with one attached hydrogen (secondary N) is 1. The molecule has 2 amide bonds. The maximum atomic E-state index is 13.3. The molecule has 0 aromatic carbocycles. The Kier molecular flexibility index (Phi) is 7.75. The van der Waals surface area contributed by atoms with Crippen LogP contribution in [0.2, 0.25) is 0 Å². The highest BCUT2D eigenvalue weighted by atomic mass is 16.5. The molecule has 172 valence electrons. The quantitative estimate of drug-likeness (QED) is 0.592. The molecule has 2 N–H and O–H groups in total. The molecular weight excluding hydrogens is 396 g/mol. The van der Waals surface area contributed by atoms with Gasteiger partial charge in [0.05, 0.1) is 25.3 Å². The van der Waals surface area contributed by atoms with E-state index >= 15 is 0 Å². The maximum Gasteiger partial charge on any atom is 0.251 e. The predicted molar refractivity (Wildman–Crippen MR) is 118 cm³/mol. The third-order valence-corrected chi connectivity index (χ3v) is 5.79. The molecule has 1 aromatic heterocycles. The normalized spacial score (nSPS) is 18.8. The first-order valence-electron chi connectivity index (χ1n) is 11.5. The SMILES string of the molecule is CCCOC1=CC(=O)N(C(CC2CCCCC2)C(=O)Nc2ccn(CC(C)(C)O)n2)C1. The van der Waals surface area contributed by atoms with Crippen molar-refractivity contribution in [1.29, 1.82) is 0 Å². The van der Waals surface area contributed by atoms with Crippen LogP contribution in [0.5, 0.6) is 0 Å². The number of nitrogens with zero attached hydrogens (tertiary/aromatic N) is 3. The van der Waals surface area contributed by atoms with Crippen molar-refractivity contribution < 1.29 is 19.4 Å². The average molecular weight is 433 g/mol. The average Bonchev–Trinajstić information content (AvgIpc) is 3.29. The zero-order valence-electron chi connectivity index (χ0n) is 19.0. The Labute approximate surface area is 184 Å². The largest absolute Gasteiger partial charge is 0.496 e. The van der Waals surface area contributed by atoms with Gasteiger partial charge in [0.15, 0.2) is 5.82 Å². The van der Waals surface area contributed by atoms with Crippen molar-refractivity contribution in [2.24, 2.45) is 5.92 Å². The van der Waals surface area contributed by atoms with Gasteiger partial charge in [0.25, 0.3) is 5.91 Å². The van der Waals surface area contributed by atoms with Gasteiger partial charge in [-0.1, -0.05) is 39.0 Å². The number of aliphatic hydroxyl groups is 1. The number of aromatic nitrogens is 2. The number of hydrogen-bond acceptors (Lipinski definition) is 5. The van der Waals surface area contributed by atoms with Gasteiger partial charge >= 0.3 is 0 Å². The van der Waals surface area contributed by atoms with Crippen molar-refractivity contribution in [2.45, 2.75) is 83.9 Å². The molecule has 0 spiro atoms. The Balaban J connectivity index is 1.70. The van der Waals surface area contributed by atoms with E-state index in [1.807, 2.05) is 6.92 Å². The number of carbonyl (C=O) groups is 2. The zero-order valence-corrected chi connectivity index (χ0v) is 19.0. The second-order valence-electron chi connectivity index (χ2n) is 9.38. The van der Waals surface area contributed by atoms with Crippen LogP contribution in [0.3, 0.4) is 0 Å². The summed E-state index contributed by atoms with van der Waals surface area (Å²) < 4.78 is 7.27. The van der Waals surface area contributed by atoms with Crippen LogP contribution in [0.25, 0.3) is 0 Å². The summed E-state index contributed by atoms with van der Waals surface area (Å²) in [4.78, 5) is 27.6. The number of amides is 2. The minimum Gasteiger partial charge on any atom is -0.496 e. The van der Waals surface area contributed by atoms with E-state index in [2.05, 4.69) is 10.4 Å². The van der Waals surface area contributed by atoms with Crippen molar-refractivity contribution in [2.75, 3.05) is 18.5 Å². The van der Waals surface area contributed by atoms with Gasteiger partial charge in [-0.2, -0.15) is 5.10 Å². The minimum atomic E-state index is -0.903. The van der Waals surface area contributed by atoms with Crippen LogP contribution in [0, 0.1) is 5.92 Å². The zero-order chi connectivity index (χ0) is 22.4. The maximum absolute atomic E-state index is 13.3. The highest BCUT2D eigenvalue weighted by Crippen LogP contribution is 2.30. The fourth-order valence-electron chi connectivity index (χ4n) is 4.33. The summed E-state index contributed by atoms with van der Waals surface area (Å²) in [6.07, 6.45) is 10.5. The van der Waals surface area contributed by atoms with Crippen molar-refractivity contribution in [3.05, 3.63) is 24.1 Å². The van der Waals surface area contributed by atoms with E-state index in [1.54, 1.807) is 35.7 Å². The van der Waals surface area contributed by atoms with Gasteiger partial charge in [-0.25, -0.2) is 0 Å². The first-order valence-corrected chi connectivity index (χ1v) is 11.5. The van der Waals surface area contributed by atoms with Gasteiger partial charge in [0.2, 0.25) is 5.91 Å². The lowest BCUT2D eigenvalue weighted by molar-refractivity contribution is -0.134. The number of hydrogen-bond donors (Lipinski definition) is 2. The Bertz CT molecular complexity index is 790. The summed E-state index contributed by atoms with van der Waals surface area (Å²) in [6, 6.07) is 1.15. The van der Waals surface area contributed by atoms with Crippen LogP contribution >= 0.6 is 0 Å². The molecule has 2 heterocycles. The van der Waals surface area contributed by atoms with Crippen molar-refractivity contribution in [3.63, 3.8) is 0 Å². The highest BCUT2D eigenvalue weighted by molar-refractivity contribution is 5.99. The molecule has 1 aliphatic carbocycles. The molecule has 31 heavy (non-hydrogen) atoms. The molecular formula is C23H36N4O4. The van der Waals surface area contributed by atoms with E-state index in [0.717, 1.165) is 19.3 Å². The molecule has 1 saturated carbocycles. The molecule has 3 rings (SSSR count). The van der Waals surface area contributed by atoms with Crippen LogP contribution in [-0.4, -0.2) is 56.4 Å². The van der Waals surface area contributed by atoms with Gasteiger partial charge in [0.1, 0.15) is 11.8 Å². The Hall–Kier alpha value is -2.35. The highest BCUT2D eigenvalue weighted by Gasteiger charge is 2.36. The fourth-order valence-corrected chi connectivity index (χ4v) is 4.33.